The molecule has 0 N–H and O–H groups in total. The second kappa shape index (κ2) is 9.88. The number of benzene rings is 6. The van der Waals surface area contributed by atoms with Crippen LogP contribution in [0.15, 0.2) is 140 Å². The van der Waals surface area contributed by atoms with Gasteiger partial charge in [0, 0.05) is 38.0 Å². The van der Waals surface area contributed by atoms with Gasteiger partial charge in [0.15, 0.2) is 0 Å². The van der Waals surface area contributed by atoms with Crippen LogP contribution in [0.2, 0.25) is 0 Å². The lowest BCUT2D eigenvalue weighted by Crippen LogP contribution is -2.17. The Hall–Kier alpha value is -5.74. The van der Waals surface area contributed by atoms with Crippen LogP contribution in [0.4, 0.5) is 0 Å². The standard InChI is InChI=1S/C42H32N4/c1-42(2,3)40-32-17-7-10-18-35(32)43-41(44-40)46-37-20-12-9-16-31(37)34-26-28(22-24-39(34)46)27-21-23-38-33(25-27)30-15-8-11-19-36(30)45(38)29-13-5-4-6-14-29/h4-26H,1-3H3. The first kappa shape index (κ1) is 26.6. The lowest BCUT2D eigenvalue weighted by molar-refractivity contribution is 0.572. The highest BCUT2D eigenvalue weighted by atomic mass is 15.2. The van der Waals surface area contributed by atoms with Crippen molar-refractivity contribution in [3.8, 4) is 22.8 Å². The maximum Gasteiger partial charge on any atom is 0.235 e. The summed E-state index contributed by atoms with van der Waals surface area (Å²) in [7, 11) is 0. The van der Waals surface area contributed by atoms with Crippen molar-refractivity contribution < 1.29 is 0 Å². The zero-order valence-corrected chi connectivity index (χ0v) is 26.1. The molecule has 0 saturated heterocycles. The van der Waals surface area contributed by atoms with E-state index in [1.807, 2.05) is 0 Å². The van der Waals surface area contributed by atoms with Crippen molar-refractivity contribution >= 4 is 54.5 Å². The summed E-state index contributed by atoms with van der Waals surface area (Å²) in [6.45, 7) is 6.66. The minimum absolute atomic E-state index is 0.133. The van der Waals surface area contributed by atoms with E-state index in [1.54, 1.807) is 0 Å². The van der Waals surface area contributed by atoms with Crippen LogP contribution >= 0.6 is 0 Å². The average molecular weight is 593 g/mol. The predicted octanol–water partition coefficient (Wildman–Crippen LogP) is 10.8. The molecule has 9 rings (SSSR count). The lowest BCUT2D eigenvalue weighted by Gasteiger charge is -2.21. The zero-order valence-electron chi connectivity index (χ0n) is 26.1. The number of para-hydroxylation sites is 4. The first-order valence-electron chi connectivity index (χ1n) is 15.9. The maximum atomic E-state index is 5.24. The smallest absolute Gasteiger partial charge is 0.235 e. The first-order chi connectivity index (χ1) is 22.5. The van der Waals surface area contributed by atoms with Crippen LogP contribution in [0.3, 0.4) is 0 Å². The van der Waals surface area contributed by atoms with E-state index in [4.69, 9.17) is 9.97 Å². The van der Waals surface area contributed by atoms with E-state index in [0.29, 0.717) is 5.95 Å². The Morgan fingerprint density at radius 3 is 1.57 bits per heavy atom. The molecular formula is C42H32N4. The molecule has 0 spiro atoms. The van der Waals surface area contributed by atoms with Crippen LogP contribution in [0.5, 0.6) is 0 Å². The molecule has 9 aromatic rings. The minimum Gasteiger partial charge on any atom is -0.309 e. The van der Waals surface area contributed by atoms with Crippen molar-refractivity contribution in [1.82, 2.24) is 19.1 Å². The third-order valence-corrected chi connectivity index (χ3v) is 9.19. The van der Waals surface area contributed by atoms with E-state index in [2.05, 4.69) is 169 Å². The highest BCUT2D eigenvalue weighted by Gasteiger charge is 2.23. The summed E-state index contributed by atoms with van der Waals surface area (Å²) in [6.07, 6.45) is 0. The van der Waals surface area contributed by atoms with Crippen molar-refractivity contribution in [1.29, 1.82) is 0 Å². The van der Waals surface area contributed by atoms with Crippen LogP contribution in [-0.4, -0.2) is 19.1 Å². The van der Waals surface area contributed by atoms with Gasteiger partial charge in [0.05, 0.1) is 33.3 Å². The van der Waals surface area contributed by atoms with E-state index in [0.717, 1.165) is 27.6 Å². The van der Waals surface area contributed by atoms with Crippen molar-refractivity contribution in [2.24, 2.45) is 0 Å². The van der Waals surface area contributed by atoms with Gasteiger partial charge in [-0.25, -0.2) is 9.97 Å². The Kier molecular flexibility index (Phi) is 5.72. The lowest BCUT2D eigenvalue weighted by atomic mass is 9.89. The number of rotatable bonds is 3. The van der Waals surface area contributed by atoms with Crippen LogP contribution in [-0.2, 0) is 5.41 Å². The summed E-state index contributed by atoms with van der Waals surface area (Å²) in [6, 6.07) is 49.9. The summed E-state index contributed by atoms with van der Waals surface area (Å²) in [5.74, 6) is 0.706. The molecule has 0 atom stereocenters. The first-order valence-corrected chi connectivity index (χ1v) is 15.9. The average Bonchev–Trinajstić information content (AvgIpc) is 3.60. The second-order valence-corrected chi connectivity index (χ2v) is 13.1. The minimum atomic E-state index is -0.133. The molecule has 46 heavy (non-hydrogen) atoms. The Labute approximate surface area is 267 Å². The summed E-state index contributed by atoms with van der Waals surface area (Å²) in [5.41, 5.74) is 10.0. The third kappa shape index (κ3) is 4.00. The predicted molar refractivity (Wildman–Crippen MR) is 192 cm³/mol. The van der Waals surface area contributed by atoms with Crippen molar-refractivity contribution in [3.63, 3.8) is 0 Å². The van der Waals surface area contributed by atoms with Crippen LogP contribution in [0.25, 0.3) is 77.3 Å². The van der Waals surface area contributed by atoms with Gasteiger partial charge in [-0.1, -0.05) is 106 Å². The van der Waals surface area contributed by atoms with Crippen LogP contribution in [0.1, 0.15) is 26.5 Å². The van der Waals surface area contributed by atoms with Gasteiger partial charge >= 0.3 is 0 Å². The quantitative estimate of drug-likeness (QED) is 0.205. The summed E-state index contributed by atoms with van der Waals surface area (Å²) < 4.78 is 4.59. The van der Waals surface area contributed by atoms with Gasteiger partial charge in [-0.05, 0) is 65.7 Å². The highest BCUT2D eigenvalue weighted by Crippen LogP contribution is 2.38. The van der Waals surface area contributed by atoms with Gasteiger partial charge in [0.2, 0.25) is 5.95 Å². The molecule has 0 aliphatic heterocycles. The third-order valence-electron chi connectivity index (χ3n) is 9.19. The van der Waals surface area contributed by atoms with Gasteiger partial charge in [-0.3, -0.25) is 4.57 Å². The van der Waals surface area contributed by atoms with Gasteiger partial charge < -0.3 is 4.57 Å². The molecular weight excluding hydrogens is 560 g/mol. The molecule has 0 unspecified atom stereocenters. The number of aromatic nitrogens is 4. The van der Waals surface area contributed by atoms with E-state index >= 15 is 0 Å². The molecule has 0 aliphatic carbocycles. The number of hydrogen-bond acceptors (Lipinski definition) is 2. The molecule has 0 saturated carbocycles. The fourth-order valence-electron chi connectivity index (χ4n) is 7.11. The van der Waals surface area contributed by atoms with Gasteiger partial charge in [0.1, 0.15) is 0 Å². The fraction of sp³-hybridized carbons (Fsp3) is 0.0952. The SMILES string of the molecule is CC(C)(C)c1nc(-n2c3ccccc3c3cc(-c4ccc5c(c4)c4ccccc4n5-c4ccccc4)ccc32)nc2ccccc12. The molecule has 0 amide bonds. The topological polar surface area (TPSA) is 35.6 Å². The largest absolute Gasteiger partial charge is 0.309 e. The monoisotopic (exact) mass is 592 g/mol. The maximum absolute atomic E-state index is 5.24. The van der Waals surface area contributed by atoms with Gasteiger partial charge in [0.25, 0.3) is 0 Å². The summed E-state index contributed by atoms with van der Waals surface area (Å²) >= 11 is 0. The summed E-state index contributed by atoms with van der Waals surface area (Å²) in [4.78, 5) is 10.3. The molecule has 0 aliphatic rings. The normalized spacial score (nSPS) is 12.2. The molecule has 4 nitrogen and oxygen atoms in total. The van der Waals surface area contributed by atoms with E-state index in [9.17, 15) is 0 Å². The number of fused-ring (bicyclic) bond motifs is 7. The molecule has 6 aromatic carbocycles. The van der Waals surface area contributed by atoms with Crippen molar-refractivity contribution in [3.05, 3.63) is 145 Å². The summed E-state index contributed by atoms with van der Waals surface area (Å²) in [5, 5.41) is 5.98. The molecule has 3 aromatic heterocycles. The molecule has 0 radical (unpaired) electrons. The van der Waals surface area contributed by atoms with E-state index < -0.39 is 0 Å². The van der Waals surface area contributed by atoms with Gasteiger partial charge in [-0.2, -0.15) is 0 Å². The highest BCUT2D eigenvalue weighted by molar-refractivity contribution is 6.12. The molecule has 0 fully saturated rings. The molecule has 4 heteroatoms. The Bertz CT molecular complexity index is 2620. The van der Waals surface area contributed by atoms with Crippen LogP contribution in [0, 0.1) is 0 Å². The Morgan fingerprint density at radius 2 is 0.935 bits per heavy atom. The van der Waals surface area contributed by atoms with Gasteiger partial charge in [-0.15, -0.1) is 0 Å². The second-order valence-electron chi connectivity index (χ2n) is 13.1. The molecule has 220 valence electrons. The number of hydrogen-bond donors (Lipinski definition) is 0. The van der Waals surface area contributed by atoms with Crippen LogP contribution < -0.4 is 0 Å². The Balaban J connectivity index is 1.26. The van der Waals surface area contributed by atoms with E-state index in [-0.39, 0.29) is 5.41 Å². The fourth-order valence-corrected chi connectivity index (χ4v) is 7.11. The van der Waals surface area contributed by atoms with E-state index in [1.165, 1.54) is 49.4 Å². The molecule has 0 bridgehead atoms. The Morgan fingerprint density at radius 1 is 0.435 bits per heavy atom. The van der Waals surface area contributed by atoms with Crippen molar-refractivity contribution in [2.75, 3.05) is 0 Å². The number of nitrogens with zero attached hydrogens (tertiary/aromatic N) is 4. The zero-order chi connectivity index (χ0) is 31.0. The van der Waals surface area contributed by atoms with Crippen molar-refractivity contribution in [2.45, 2.75) is 26.2 Å². The molecule has 3 heterocycles.